The van der Waals surface area contributed by atoms with Crippen LogP contribution in [0.1, 0.15) is 36.5 Å². The molecule has 0 radical (unpaired) electrons. The van der Waals surface area contributed by atoms with E-state index < -0.39 is 12.4 Å². The van der Waals surface area contributed by atoms with Gasteiger partial charge in [0.05, 0.1) is 23.3 Å². The van der Waals surface area contributed by atoms with Crippen LogP contribution in [0.25, 0.3) is 17.1 Å². The molecule has 0 atom stereocenters. The van der Waals surface area contributed by atoms with Crippen LogP contribution in [-0.4, -0.2) is 50.2 Å². The minimum atomic E-state index is -4.77. The molecule has 0 spiro atoms. The van der Waals surface area contributed by atoms with Crippen molar-refractivity contribution < 1.29 is 27.5 Å². The topological polar surface area (TPSA) is 114 Å². The van der Waals surface area contributed by atoms with Gasteiger partial charge >= 0.3 is 12.4 Å². The summed E-state index contributed by atoms with van der Waals surface area (Å²) in [5.41, 5.74) is 7.03. The van der Waals surface area contributed by atoms with Gasteiger partial charge in [0, 0.05) is 5.56 Å². The second-order valence-corrected chi connectivity index (χ2v) is 10.9. The summed E-state index contributed by atoms with van der Waals surface area (Å²) in [5.74, 6) is 0.272. The predicted octanol–water partition coefficient (Wildman–Crippen LogP) is 6.44. The number of aliphatic imine (C=N–C) groups is 1. The zero-order chi connectivity index (χ0) is 31.4. The number of anilines is 1. The lowest BCUT2D eigenvalue weighted by Crippen LogP contribution is -2.32. The van der Waals surface area contributed by atoms with Crippen molar-refractivity contribution in [2.75, 3.05) is 10.7 Å². The van der Waals surface area contributed by atoms with Crippen molar-refractivity contribution in [2.45, 2.75) is 33.1 Å². The van der Waals surface area contributed by atoms with E-state index in [0.717, 1.165) is 16.8 Å². The molecule has 3 amide bonds. The molecule has 4 aromatic rings. The van der Waals surface area contributed by atoms with Crippen molar-refractivity contribution >= 4 is 40.8 Å². The number of amidine groups is 1. The highest BCUT2D eigenvalue weighted by atomic mass is 32.2. The Kier molecular flexibility index (Phi) is 8.81. The molecule has 10 nitrogen and oxygen atoms in total. The van der Waals surface area contributed by atoms with E-state index in [0.29, 0.717) is 22.6 Å². The summed E-state index contributed by atoms with van der Waals surface area (Å²) in [7, 11) is 0. The summed E-state index contributed by atoms with van der Waals surface area (Å²) >= 11 is 1.19. The summed E-state index contributed by atoms with van der Waals surface area (Å²) in [6.45, 7) is 6.09. The number of hydrazone groups is 1. The van der Waals surface area contributed by atoms with Crippen LogP contribution in [0.5, 0.6) is 5.75 Å². The number of rotatable bonds is 7. The Morgan fingerprint density at radius 1 is 1.09 bits per heavy atom. The normalized spacial score (nSPS) is 14.7. The SMILES string of the molecule is Cc1cccc(N2C(=O)CS/C2=N\C(=O)N/N=C/c2ccc(-c3ncn(-c4ccc(OC(F)(F)F)cc4)n3)cc2)c1C(C)C. The van der Waals surface area contributed by atoms with E-state index in [9.17, 15) is 22.8 Å². The third-order valence-electron chi connectivity index (χ3n) is 6.45. The van der Waals surface area contributed by atoms with Crippen molar-refractivity contribution in [3.8, 4) is 22.8 Å². The first kappa shape index (κ1) is 30.5. The van der Waals surface area contributed by atoms with E-state index in [1.54, 1.807) is 24.3 Å². The molecule has 226 valence electrons. The van der Waals surface area contributed by atoms with Gasteiger partial charge in [-0.25, -0.2) is 19.9 Å². The number of aromatic nitrogens is 3. The maximum atomic E-state index is 12.7. The third-order valence-corrected chi connectivity index (χ3v) is 7.37. The lowest BCUT2D eigenvalue weighted by atomic mass is 9.95. The number of carbonyl (C=O) groups is 2. The molecule has 44 heavy (non-hydrogen) atoms. The number of thioether (sulfide) groups is 1. The van der Waals surface area contributed by atoms with Crippen molar-refractivity contribution in [3.05, 3.63) is 89.7 Å². The van der Waals surface area contributed by atoms with Crippen LogP contribution < -0.4 is 15.1 Å². The molecular weight excluding hydrogens is 595 g/mol. The zero-order valence-corrected chi connectivity index (χ0v) is 24.6. The summed E-state index contributed by atoms with van der Waals surface area (Å²) < 4.78 is 42.5. The molecular formula is C30H26F3N7O3S. The van der Waals surface area contributed by atoms with Gasteiger partial charge < -0.3 is 4.74 Å². The maximum absolute atomic E-state index is 12.7. The van der Waals surface area contributed by atoms with Gasteiger partial charge in [-0.3, -0.25) is 9.69 Å². The standard InChI is InChI=1S/C30H26F3N7O3S/c1-18(2)26-19(3)5-4-6-24(26)40-25(41)16-44-29(40)36-28(42)37-35-15-20-7-9-21(10-8-20)27-34-17-39(38-27)22-11-13-23(14-12-22)43-30(31,32)33/h4-15,17-18H,16H2,1-3H3,(H,37,42)/b35-15+,36-29-. The molecule has 0 saturated carbocycles. The molecule has 1 aliphatic rings. The Balaban J connectivity index is 1.21. The van der Waals surface area contributed by atoms with Crippen LogP contribution in [0.2, 0.25) is 0 Å². The minimum Gasteiger partial charge on any atom is -0.406 e. The Morgan fingerprint density at radius 3 is 2.50 bits per heavy atom. The number of ether oxygens (including phenoxy) is 1. The Labute approximate surface area is 254 Å². The van der Waals surface area contributed by atoms with E-state index in [2.05, 4.69) is 44.2 Å². The second kappa shape index (κ2) is 12.7. The average molecular weight is 622 g/mol. The number of amides is 3. The highest BCUT2D eigenvalue weighted by molar-refractivity contribution is 8.15. The number of hydrogen-bond acceptors (Lipinski definition) is 7. The lowest BCUT2D eigenvalue weighted by molar-refractivity contribution is -0.274. The molecule has 5 rings (SSSR count). The minimum absolute atomic E-state index is 0.148. The molecule has 0 bridgehead atoms. The fourth-order valence-corrected chi connectivity index (χ4v) is 5.46. The number of carbonyl (C=O) groups excluding carboxylic acids is 2. The molecule has 1 aromatic heterocycles. The number of nitrogens with zero attached hydrogens (tertiary/aromatic N) is 6. The maximum Gasteiger partial charge on any atom is 0.573 e. The summed E-state index contributed by atoms with van der Waals surface area (Å²) in [6.07, 6.45) is -1.88. The van der Waals surface area contributed by atoms with Gasteiger partial charge in [-0.05, 0) is 59.9 Å². The van der Waals surface area contributed by atoms with Gasteiger partial charge in [0.2, 0.25) is 5.91 Å². The Hall–Kier alpha value is -4.98. The van der Waals surface area contributed by atoms with Gasteiger partial charge in [0.15, 0.2) is 11.0 Å². The molecule has 1 fully saturated rings. The molecule has 2 heterocycles. The summed E-state index contributed by atoms with van der Waals surface area (Å²) in [5, 5.41) is 8.64. The molecule has 0 aliphatic carbocycles. The fraction of sp³-hybridized carbons (Fsp3) is 0.200. The van der Waals surface area contributed by atoms with E-state index in [1.165, 1.54) is 58.2 Å². The summed E-state index contributed by atoms with van der Waals surface area (Å²) in [4.78, 5) is 35.1. The van der Waals surface area contributed by atoms with Crippen molar-refractivity contribution in [1.29, 1.82) is 0 Å². The van der Waals surface area contributed by atoms with Crippen LogP contribution >= 0.6 is 11.8 Å². The van der Waals surface area contributed by atoms with Gasteiger partial charge in [-0.1, -0.05) is 62.0 Å². The Morgan fingerprint density at radius 2 is 1.82 bits per heavy atom. The number of nitrogens with one attached hydrogen (secondary N) is 1. The van der Waals surface area contributed by atoms with Crippen molar-refractivity contribution in [1.82, 2.24) is 20.2 Å². The van der Waals surface area contributed by atoms with Crippen LogP contribution in [0.3, 0.4) is 0 Å². The van der Waals surface area contributed by atoms with E-state index in [1.807, 2.05) is 25.1 Å². The number of alkyl halides is 3. The third kappa shape index (κ3) is 7.14. The van der Waals surface area contributed by atoms with Gasteiger partial charge in [-0.2, -0.15) is 10.1 Å². The first-order chi connectivity index (χ1) is 21.0. The quantitative estimate of drug-likeness (QED) is 0.188. The monoisotopic (exact) mass is 621 g/mol. The Bertz CT molecular complexity index is 1730. The molecule has 14 heteroatoms. The van der Waals surface area contributed by atoms with Crippen molar-refractivity contribution in [2.24, 2.45) is 10.1 Å². The highest BCUT2D eigenvalue weighted by Crippen LogP contribution is 2.35. The largest absolute Gasteiger partial charge is 0.573 e. The number of urea groups is 1. The number of aryl methyl sites for hydroxylation is 1. The van der Waals surface area contributed by atoms with Gasteiger partial charge in [0.25, 0.3) is 0 Å². The fourth-order valence-electron chi connectivity index (χ4n) is 4.61. The lowest BCUT2D eigenvalue weighted by Gasteiger charge is -2.23. The first-order valence-corrected chi connectivity index (χ1v) is 14.3. The van der Waals surface area contributed by atoms with Crippen LogP contribution in [-0.2, 0) is 4.79 Å². The van der Waals surface area contributed by atoms with E-state index in [4.69, 9.17) is 0 Å². The molecule has 1 aliphatic heterocycles. The first-order valence-electron chi connectivity index (χ1n) is 13.3. The van der Waals surface area contributed by atoms with E-state index >= 15 is 0 Å². The van der Waals surface area contributed by atoms with Crippen LogP contribution in [0.15, 0.2) is 83.2 Å². The smallest absolute Gasteiger partial charge is 0.406 e. The van der Waals surface area contributed by atoms with E-state index in [-0.39, 0.29) is 28.5 Å². The van der Waals surface area contributed by atoms with Gasteiger partial charge in [0.1, 0.15) is 12.1 Å². The summed E-state index contributed by atoms with van der Waals surface area (Å²) in [6, 6.07) is 17.3. The average Bonchev–Trinajstić information content (AvgIpc) is 3.60. The van der Waals surface area contributed by atoms with Gasteiger partial charge in [-0.15, -0.1) is 18.3 Å². The molecule has 3 aromatic carbocycles. The molecule has 1 saturated heterocycles. The predicted molar refractivity (Wildman–Crippen MR) is 162 cm³/mol. The van der Waals surface area contributed by atoms with Crippen LogP contribution in [0.4, 0.5) is 23.7 Å². The molecule has 1 N–H and O–H groups in total. The zero-order valence-electron chi connectivity index (χ0n) is 23.7. The molecule has 0 unspecified atom stereocenters. The number of benzene rings is 3. The van der Waals surface area contributed by atoms with Crippen LogP contribution in [0, 0.1) is 6.92 Å². The highest BCUT2D eigenvalue weighted by Gasteiger charge is 2.33. The second-order valence-electron chi connectivity index (χ2n) is 9.93. The number of hydrogen-bond donors (Lipinski definition) is 1. The number of halogens is 3. The van der Waals surface area contributed by atoms with Crippen molar-refractivity contribution in [3.63, 3.8) is 0 Å².